The molecule has 2 heterocycles. The fraction of sp³-hybridized carbons (Fsp3) is 0.107. The Morgan fingerprint density at radius 1 is 1.05 bits per heavy atom. The first-order chi connectivity index (χ1) is 18.3. The summed E-state index contributed by atoms with van der Waals surface area (Å²) in [5.74, 6) is 0.0244. The van der Waals surface area contributed by atoms with Crippen molar-refractivity contribution >= 4 is 68.1 Å². The molecule has 0 spiro atoms. The second kappa shape index (κ2) is 11.0. The minimum absolute atomic E-state index is 0.0505. The molecule has 10 heteroatoms. The Kier molecular flexibility index (Phi) is 7.52. The molecule has 38 heavy (non-hydrogen) atoms. The van der Waals surface area contributed by atoms with Crippen LogP contribution in [-0.4, -0.2) is 24.6 Å². The molecule has 3 aromatic carbocycles. The summed E-state index contributed by atoms with van der Waals surface area (Å²) in [5, 5.41) is 2.24. The van der Waals surface area contributed by atoms with E-state index in [9.17, 15) is 14.4 Å². The third kappa shape index (κ3) is 5.32. The highest BCUT2D eigenvalue weighted by Gasteiger charge is 2.37. The molecule has 0 bridgehead atoms. The molecule has 2 aliphatic heterocycles. The molecule has 1 fully saturated rings. The van der Waals surface area contributed by atoms with Crippen molar-refractivity contribution in [3.63, 3.8) is 0 Å². The smallest absolute Gasteiger partial charge is 0.335 e. The monoisotopic (exact) mass is 686 g/mol. The van der Waals surface area contributed by atoms with Gasteiger partial charge >= 0.3 is 6.03 Å². The Balaban J connectivity index is 1.45. The number of nitrogens with zero attached hydrogens (tertiary/aromatic N) is 1. The number of urea groups is 1. The summed E-state index contributed by atoms with van der Waals surface area (Å²) in [6.07, 6.45) is 3.69. The summed E-state index contributed by atoms with van der Waals surface area (Å²) in [5.41, 5.74) is 2.48. The number of anilines is 1. The van der Waals surface area contributed by atoms with Gasteiger partial charge in [0.2, 0.25) is 6.79 Å². The van der Waals surface area contributed by atoms with Crippen molar-refractivity contribution in [3.05, 3.63) is 97.6 Å². The normalized spacial score (nSPS) is 15.6. The average molecular weight is 687 g/mol. The second-order valence-corrected chi connectivity index (χ2v) is 10.5. The molecule has 0 aliphatic carbocycles. The Hall–Kier alpha value is -3.64. The van der Waals surface area contributed by atoms with E-state index < -0.39 is 17.8 Å². The van der Waals surface area contributed by atoms with Crippen molar-refractivity contribution in [2.75, 3.05) is 11.7 Å². The van der Waals surface area contributed by atoms with Gasteiger partial charge in [0.05, 0.1) is 10.2 Å². The van der Waals surface area contributed by atoms with Crippen LogP contribution < -0.4 is 24.4 Å². The van der Waals surface area contributed by atoms with Crippen LogP contribution in [0, 0.1) is 3.57 Å². The molecule has 5 rings (SSSR count). The zero-order valence-corrected chi connectivity index (χ0v) is 23.6. The molecule has 4 amide bonds. The van der Waals surface area contributed by atoms with Gasteiger partial charge in [0.1, 0.15) is 17.9 Å². The molecule has 1 saturated heterocycles. The van der Waals surface area contributed by atoms with Crippen LogP contribution in [0.15, 0.2) is 77.3 Å². The van der Waals surface area contributed by atoms with Gasteiger partial charge in [0.25, 0.3) is 11.8 Å². The highest BCUT2D eigenvalue weighted by atomic mass is 127. The summed E-state index contributed by atoms with van der Waals surface area (Å²) in [4.78, 5) is 39.5. The molecule has 8 nitrogen and oxygen atoms in total. The van der Waals surface area contributed by atoms with Crippen LogP contribution in [0.25, 0.3) is 6.08 Å². The second-order valence-electron chi connectivity index (χ2n) is 8.39. The number of barbiturate groups is 1. The number of hydrogen-bond acceptors (Lipinski definition) is 6. The molecule has 0 atom stereocenters. The maximum atomic E-state index is 13.3. The fourth-order valence-corrected chi connectivity index (χ4v) is 5.04. The summed E-state index contributed by atoms with van der Waals surface area (Å²) in [7, 11) is 0. The van der Waals surface area contributed by atoms with Gasteiger partial charge in [-0.05, 0) is 104 Å². The molecule has 0 unspecified atom stereocenters. The molecule has 2 aliphatic rings. The van der Waals surface area contributed by atoms with Crippen LogP contribution in [0.4, 0.5) is 10.5 Å². The number of halogens is 2. The number of nitrogens with one attached hydrogen (secondary N) is 1. The number of allylic oxidation sites excluding steroid dienone is 1. The van der Waals surface area contributed by atoms with Crippen molar-refractivity contribution in [1.29, 1.82) is 0 Å². The first-order valence-electron chi connectivity index (χ1n) is 11.5. The third-order valence-electron chi connectivity index (χ3n) is 5.83. The van der Waals surface area contributed by atoms with E-state index in [-0.39, 0.29) is 18.1 Å². The van der Waals surface area contributed by atoms with E-state index in [2.05, 4.69) is 50.4 Å². The number of ether oxygens (including phenoxy) is 3. The van der Waals surface area contributed by atoms with E-state index in [0.717, 1.165) is 19.6 Å². The van der Waals surface area contributed by atoms with Gasteiger partial charge in [-0.2, -0.15) is 0 Å². The van der Waals surface area contributed by atoms with E-state index in [1.54, 1.807) is 24.3 Å². The molecule has 0 aromatic heterocycles. The molecule has 192 valence electrons. The molecular formula is C28H20BrIN2O6. The van der Waals surface area contributed by atoms with Crippen LogP contribution in [0.5, 0.6) is 17.2 Å². The first-order valence-corrected chi connectivity index (χ1v) is 13.3. The molecule has 0 radical (unpaired) electrons. The first kappa shape index (κ1) is 26.0. The van der Waals surface area contributed by atoms with E-state index in [1.807, 2.05) is 30.3 Å². The summed E-state index contributed by atoms with van der Waals surface area (Å²) >= 11 is 5.82. The minimum Gasteiger partial charge on any atom is -0.487 e. The van der Waals surface area contributed by atoms with Crippen LogP contribution >= 0.6 is 38.5 Å². The number of hydrogen-bond donors (Lipinski definition) is 1. The highest BCUT2D eigenvalue weighted by molar-refractivity contribution is 14.1. The van der Waals surface area contributed by atoms with E-state index >= 15 is 0 Å². The van der Waals surface area contributed by atoms with Crippen molar-refractivity contribution in [2.45, 2.75) is 13.0 Å². The van der Waals surface area contributed by atoms with Gasteiger partial charge < -0.3 is 14.2 Å². The van der Waals surface area contributed by atoms with Gasteiger partial charge in [-0.1, -0.05) is 18.2 Å². The fourth-order valence-electron chi connectivity index (χ4n) is 4.04. The number of rotatable bonds is 7. The van der Waals surface area contributed by atoms with Gasteiger partial charge in [0.15, 0.2) is 11.5 Å². The Labute approximate surface area is 240 Å². The Morgan fingerprint density at radius 2 is 1.82 bits per heavy atom. The number of fused-ring (bicyclic) bond motifs is 1. The van der Waals surface area contributed by atoms with Crippen molar-refractivity contribution < 1.29 is 28.6 Å². The standard InChI is InChI=1S/C28H20BrIN2O6/c1-2-3-18-10-17(12-22(29)25(18)36-14-16-4-6-19(30)7-5-16)11-21-26(33)31-28(35)32(27(21)34)20-8-9-23-24(13-20)38-15-37-23/h2,4-13H,1,3,14-15H2,(H,31,33,35)/b21-11+. The summed E-state index contributed by atoms with van der Waals surface area (Å²) < 4.78 is 18.6. The average Bonchev–Trinajstić information content (AvgIpc) is 3.35. The van der Waals surface area contributed by atoms with Crippen LogP contribution in [0.3, 0.4) is 0 Å². The summed E-state index contributed by atoms with van der Waals surface area (Å²) in [6.45, 7) is 4.25. The molecular weight excluding hydrogens is 667 g/mol. The van der Waals surface area contributed by atoms with Crippen molar-refractivity contribution in [3.8, 4) is 17.2 Å². The topological polar surface area (TPSA) is 94.2 Å². The highest BCUT2D eigenvalue weighted by Crippen LogP contribution is 2.37. The zero-order chi connectivity index (χ0) is 26.8. The van der Waals surface area contributed by atoms with Crippen molar-refractivity contribution in [1.82, 2.24) is 5.32 Å². The van der Waals surface area contributed by atoms with E-state index in [1.165, 1.54) is 12.1 Å². The SMILES string of the molecule is C=CCc1cc(/C=C2\C(=O)NC(=O)N(c3ccc4c(c3)OCO4)C2=O)cc(Br)c1OCc1ccc(I)cc1. The lowest BCUT2D eigenvalue weighted by atomic mass is 10.0. The predicted octanol–water partition coefficient (Wildman–Crippen LogP) is 5.76. The third-order valence-corrected chi connectivity index (χ3v) is 7.14. The van der Waals surface area contributed by atoms with Gasteiger partial charge in [-0.25, -0.2) is 9.69 Å². The molecule has 3 aromatic rings. The van der Waals surface area contributed by atoms with Gasteiger partial charge in [-0.15, -0.1) is 6.58 Å². The number of imide groups is 2. The molecule has 0 saturated carbocycles. The molecule has 1 N–H and O–H groups in total. The number of benzene rings is 3. The lowest BCUT2D eigenvalue weighted by molar-refractivity contribution is -0.122. The maximum absolute atomic E-state index is 13.3. The quantitative estimate of drug-likeness (QED) is 0.147. The van der Waals surface area contributed by atoms with Gasteiger partial charge in [-0.3, -0.25) is 14.9 Å². The summed E-state index contributed by atoms with van der Waals surface area (Å²) in [6, 6.07) is 15.4. The van der Waals surface area contributed by atoms with Crippen LogP contribution in [0.1, 0.15) is 16.7 Å². The number of carbonyl (C=O) groups excluding carboxylic acids is 3. The van der Waals surface area contributed by atoms with E-state index in [4.69, 9.17) is 14.2 Å². The number of carbonyl (C=O) groups is 3. The van der Waals surface area contributed by atoms with Crippen LogP contribution in [-0.2, 0) is 22.6 Å². The minimum atomic E-state index is -0.844. The van der Waals surface area contributed by atoms with E-state index in [0.29, 0.717) is 40.3 Å². The predicted molar refractivity (Wildman–Crippen MR) is 153 cm³/mol. The zero-order valence-electron chi connectivity index (χ0n) is 19.8. The van der Waals surface area contributed by atoms with Crippen LogP contribution in [0.2, 0.25) is 0 Å². The van der Waals surface area contributed by atoms with Gasteiger partial charge in [0, 0.05) is 9.64 Å². The number of amides is 4. The lowest BCUT2D eigenvalue weighted by Crippen LogP contribution is -2.54. The maximum Gasteiger partial charge on any atom is 0.335 e. The lowest BCUT2D eigenvalue weighted by Gasteiger charge is -2.26. The van der Waals surface area contributed by atoms with Crippen molar-refractivity contribution in [2.24, 2.45) is 0 Å². The largest absolute Gasteiger partial charge is 0.487 e. The Morgan fingerprint density at radius 3 is 2.58 bits per heavy atom. The Bertz CT molecular complexity index is 1500.